The molecule has 0 radical (unpaired) electrons. The van der Waals surface area contributed by atoms with E-state index in [1.54, 1.807) is 30.3 Å². The van der Waals surface area contributed by atoms with Crippen molar-refractivity contribution in [1.29, 1.82) is 5.26 Å². The number of carbonyl (C=O) groups excluding carboxylic acids is 2. The Morgan fingerprint density at radius 3 is 2.42 bits per heavy atom. The van der Waals surface area contributed by atoms with E-state index in [9.17, 15) is 20.0 Å². The lowest BCUT2D eigenvalue weighted by atomic mass is 9.63. The van der Waals surface area contributed by atoms with Gasteiger partial charge in [0, 0.05) is 22.0 Å². The lowest BCUT2D eigenvalue weighted by Gasteiger charge is -2.37. The quantitative estimate of drug-likeness (QED) is 0.440. The first-order valence-electron chi connectivity index (χ1n) is 11.7. The smallest absolute Gasteiger partial charge is 0.323 e. The molecule has 0 saturated carbocycles. The van der Waals surface area contributed by atoms with E-state index in [-0.39, 0.29) is 11.8 Å². The molecule has 0 unspecified atom stereocenters. The molecule has 0 aliphatic carbocycles. The lowest BCUT2D eigenvalue weighted by molar-refractivity contribution is -0.150. The van der Waals surface area contributed by atoms with Gasteiger partial charge in [-0.3, -0.25) is 14.9 Å². The second-order valence-electron chi connectivity index (χ2n) is 10.4. The monoisotopic (exact) mass is 531 g/mol. The number of primary amides is 1. The molecular weight excluding hydrogens is 501 g/mol. The van der Waals surface area contributed by atoms with E-state index >= 15 is 0 Å². The maximum atomic E-state index is 13.4. The number of nitrogens with two attached hydrogens (primary N) is 1. The summed E-state index contributed by atoms with van der Waals surface area (Å²) in [6.07, 6.45) is -0.975. The molecule has 3 rings (SSSR count). The minimum Gasteiger partial charge on any atom is -0.462 e. The predicted molar refractivity (Wildman–Crippen MR) is 138 cm³/mol. The van der Waals surface area contributed by atoms with Crippen LogP contribution in [0, 0.1) is 16.7 Å². The zero-order valence-corrected chi connectivity index (χ0v) is 22.0. The fraction of sp³-hybridized carbons (Fsp3) is 0.444. The molecule has 192 valence electrons. The number of esters is 1. The predicted octanol–water partition coefficient (Wildman–Crippen LogP) is 4.09. The first-order chi connectivity index (χ1) is 16.9. The number of nitriles is 1. The maximum absolute atomic E-state index is 13.4. The zero-order chi connectivity index (χ0) is 26.7. The number of amides is 1. The van der Waals surface area contributed by atoms with Gasteiger partial charge in [-0.05, 0) is 47.2 Å². The number of nitrogens with one attached hydrogen (secondary N) is 1. The Kier molecular flexibility index (Phi) is 8.68. The molecule has 1 amide bonds. The third-order valence-electron chi connectivity index (χ3n) is 6.39. The van der Waals surface area contributed by atoms with Crippen LogP contribution in [0.2, 0.25) is 10.0 Å². The molecule has 1 heterocycles. The highest BCUT2D eigenvalue weighted by molar-refractivity contribution is 6.30. The van der Waals surface area contributed by atoms with Crippen LogP contribution in [0.5, 0.6) is 0 Å². The van der Waals surface area contributed by atoms with Gasteiger partial charge in [0.2, 0.25) is 5.91 Å². The highest BCUT2D eigenvalue weighted by atomic mass is 35.5. The van der Waals surface area contributed by atoms with Crippen molar-refractivity contribution in [1.82, 2.24) is 5.32 Å². The number of carbonyl (C=O) groups is 2. The summed E-state index contributed by atoms with van der Waals surface area (Å²) < 4.78 is 5.42. The van der Waals surface area contributed by atoms with Gasteiger partial charge in [0.05, 0.1) is 18.6 Å². The van der Waals surface area contributed by atoms with Crippen molar-refractivity contribution in [2.24, 2.45) is 11.1 Å². The molecule has 36 heavy (non-hydrogen) atoms. The molecule has 2 aromatic carbocycles. The fourth-order valence-electron chi connectivity index (χ4n) is 4.99. The molecule has 1 fully saturated rings. The molecule has 1 aliphatic rings. The van der Waals surface area contributed by atoms with Gasteiger partial charge in [-0.1, -0.05) is 68.2 Å². The summed E-state index contributed by atoms with van der Waals surface area (Å²) in [6.45, 7) is 5.81. The minimum atomic E-state index is -1.22. The summed E-state index contributed by atoms with van der Waals surface area (Å²) in [5, 5.41) is 25.2. The largest absolute Gasteiger partial charge is 0.462 e. The summed E-state index contributed by atoms with van der Waals surface area (Å²) in [5.74, 6) is -2.02. The van der Waals surface area contributed by atoms with Crippen LogP contribution in [0.15, 0.2) is 48.5 Å². The van der Waals surface area contributed by atoms with E-state index in [1.165, 1.54) is 0 Å². The number of benzene rings is 2. The van der Waals surface area contributed by atoms with Crippen molar-refractivity contribution in [2.75, 3.05) is 6.61 Å². The number of aliphatic hydroxyl groups is 1. The van der Waals surface area contributed by atoms with Crippen LogP contribution in [-0.2, 0) is 19.7 Å². The Morgan fingerprint density at radius 2 is 1.86 bits per heavy atom. The maximum Gasteiger partial charge on any atom is 0.323 e. The lowest BCUT2D eigenvalue weighted by Crippen LogP contribution is -2.44. The molecule has 0 spiro atoms. The van der Waals surface area contributed by atoms with Crippen molar-refractivity contribution in [2.45, 2.75) is 63.1 Å². The molecule has 0 bridgehead atoms. The molecule has 1 saturated heterocycles. The Balaban J connectivity index is 2.13. The average molecular weight is 532 g/mol. The average Bonchev–Trinajstić information content (AvgIpc) is 3.11. The van der Waals surface area contributed by atoms with Gasteiger partial charge in [-0.25, -0.2) is 0 Å². The summed E-state index contributed by atoms with van der Waals surface area (Å²) in [4.78, 5) is 24.5. The van der Waals surface area contributed by atoms with Gasteiger partial charge in [-0.15, -0.1) is 0 Å². The van der Waals surface area contributed by atoms with Gasteiger partial charge in [0.1, 0.15) is 18.1 Å². The number of hydrogen-bond donors (Lipinski definition) is 3. The van der Waals surface area contributed by atoms with Crippen molar-refractivity contribution < 1.29 is 19.4 Å². The highest BCUT2D eigenvalue weighted by Crippen LogP contribution is 2.51. The third-order valence-corrected chi connectivity index (χ3v) is 6.88. The molecule has 7 nitrogen and oxygen atoms in total. The van der Waals surface area contributed by atoms with Crippen LogP contribution in [-0.4, -0.2) is 41.8 Å². The van der Waals surface area contributed by atoms with Gasteiger partial charge in [0.15, 0.2) is 0 Å². The standard InChI is InChI=1S/C27H31Cl2N3O4/c1-26(2,3)13-21-27(15-30,17-7-9-18(28)10-8-17)23(16-5-4-6-19(29)11-16)24(32-21)25(35)36-14-20(33)12-22(31)34/h4-11,20-21,23-24,32-33H,12-14H2,1-3H3,(H2,31,34)/t20-,21+,23+,24-,27+/m1/s1. The Morgan fingerprint density at radius 1 is 1.19 bits per heavy atom. The molecule has 0 aromatic heterocycles. The van der Waals surface area contributed by atoms with Gasteiger partial charge < -0.3 is 15.6 Å². The van der Waals surface area contributed by atoms with E-state index < -0.39 is 48.0 Å². The van der Waals surface area contributed by atoms with Gasteiger partial charge in [0.25, 0.3) is 0 Å². The summed E-state index contributed by atoms with van der Waals surface area (Å²) in [5.41, 5.74) is 5.19. The number of aliphatic hydroxyl groups excluding tert-OH is 1. The number of ether oxygens (including phenoxy) is 1. The first-order valence-corrected chi connectivity index (χ1v) is 12.4. The number of halogens is 2. The van der Waals surface area contributed by atoms with E-state index in [0.29, 0.717) is 27.6 Å². The van der Waals surface area contributed by atoms with Crippen molar-refractivity contribution >= 4 is 35.1 Å². The highest BCUT2D eigenvalue weighted by Gasteiger charge is 2.60. The Hall–Kier alpha value is -2.63. The van der Waals surface area contributed by atoms with Crippen LogP contribution < -0.4 is 11.1 Å². The van der Waals surface area contributed by atoms with Gasteiger partial charge >= 0.3 is 5.97 Å². The Bertz CT molecular complexity index is 1140. The Labute approximate surface area is 221 Å². The number of rotatable bonds is 8. The molecule has 1 aliphatic heterocycles. The van der Waals surface area contributed by atoms with E-state index in [4.69, 9.17) is 33.7 Å². The zero-order valence-electron chi connectivity index (χ0n) is 20.5. The summed E-state index contributed by atoms with van der Waals surface area (Å²) >= 11 is 12.5. The van der Waals surface area contributed by atoms with Crippen molar-refractivity contribution in [3.8, 4) is 6.07 Å². The molecule has 5 atom stereocenters. The molecular formula is C27H31Cl2N3O4. The molecule has 2 aromatic rings. The number of nitrogens with zero attached hydrogens (tertiary/aromatic N) is 1. The van der Waals surface area contributed by atoms with E-state index in [1.807, 2.05) is 18.2 Å². The fourth-order valence-corrected chi connectivity index (χ4v) is 5.32. The SMILES string of the molecule is CC(C)(C)C[C@@H]1N[C@@H](C(=O)OC[C@H](O)CC(N)=O)[C@H](c2cccc(Cl)c2)[C@@]1(C#N)c1ccc(Cl)cc1. The van der Waals surface area contributed by atoms with Crippen LogP contribution in [0.4, 0.5) is 0 Å². The summed E-state index contributed by atoms with van der Waals surface area (Å²) in [6, 6.07) is 15.4. The van der Waals surface area contributed by atoms with E-state index in [0.717, 1.165) is 0 Å². The van der Waals surface area contributed by atoms with Crippen LogP contribution in [0.1, 0.15) is 50.7 Å². The minimum absolute atomic E-state index is 0.179. The van der Waals surface area contributed by atoms with E-state index in [2.05, 4.69) is 32.2 Å². The summed E-state index contributed by atoms with van der Waals surface area (Å²) in [7, 11) is 0. The molecule has 4 N–H and O–H groups in total. The van der Waals surface area contributed by atoms with Crippen molar-refractivity contribution in [3.05, 3.63) is 69.7 Å². The second-order valence-corrected chi connectivity index (χ2v) is 11.3. The first kappa shape index (κ1) is 27.9. The van der Waals surface area contributed by atoms with Crippen LogP contribution >= 0.6 is 23.2 Å². The second kappa shape index (κ2) is 11.2. The van der Waals surface area contributed by atoms with Crippen LogP contribution in [0.25, 0.3) is 0 Å². The molecule has 9 heteroatoms. The normalized spacial score (nSPS) is 24.6. The number of hydrogen-bond acceptors (Lipinski definition) is 6. The van der Waals surface area contributed by atoms with Crippen LogP contribution in [0.3, 0.4) is 0 Å². The van der Waals surface area contributed by atoms with Gasteiger partial charge in [-0.2, -0.15) is 5.26 Å². The topological polar surface area (TPSA) is 125 Å². The van der Waals surface area contributed by atoms with Crippen molar-refractivity contribution in [3.63, 3.8) is 0 Å². The third kappa shape index (κ3) is 6.19.